The Bertz CT molecular complexity index is 580. The Balaban J connectivity index is 3.09. The average Bonchev–Trinajstić information content (AvgIpc) is 2.85. The quantitative estimate of drug-likeness (QED) is 0.729. The Morgan fingerprint density at radius 1 is 1.32 bits per heavy atom. The average molecular weight is 331 g/mol. The van der Waals surface area contributed by atoms with Crippen LogP contribution in [0.3, 0.4) is 0 Å². The maximum absolute atomic E-state index is 11.9. The first-order valence-corrected chi connectivity index (χ1v) is 9.57. The molecule has 0 bridgehead atoms. The monoisotopic (exact) mass is 331 g/mol. The van der Waals surface area contributed by atoms with Gasteiger partial charge in [-0.15, -0.1) is 5.10 Å². The minimum atomic E-state index is -3.24. The highest BCUT2D eigenvalue weighted by atomic mass is 32.2. The van der Waals surface area contributed by atoms with Gasteiger partial charge in [-0.25, -0.2) is 13.1 Å². The molecule has 0 fully saturated rings. The van der Waals surface area contributed by atoms with E-state index in [9.17, 15) is 8.42 Å². The predicted molar refractivity (Wildman–Crippen MR) is 87.2 cm³/mol. The van der Waals surface area contributed by atoms with Crippen LogP contribution in [0.15, 0.2) is 0 Å². The minimum Gasteiger partial charge on any atom is -0.227 e. The van der Waals surface area contributed by atoms with Gasteiger partial charge in [0, 0.05) is 18.5 Å². The second kappa shape index (κ2) is 7.04. The van der Waals surface area contributed by atoms with Gasteiger partial charge in [0.2, 0.25) is 10.0 Å². The number of sulfonamides is 1. The van der Waals surface area contributed by atoms with E-state index in [1.165, 1.54) is 10.6 Å². The number of rotatable bonds is 8. The Hall–Kier alpha value is -1.02. The maximum atomic E-state index is 11.9. The molecule has 1 rings (SSSR count). The lowest BCUT2D eigenvalue weighted by Crippen LogP contribution is -2.45. The van der Waals surface area contributed by atoms with Gasteiger partial charge in [0.05, 0.1) is 12.3 Å². The third-order valence-corrected chi connectivity index (χ3v) is 5.59. The highest BCUT2D eigenvalue weighted by molar-refractivity contribution is 7.88. The molecular weight excluding hydrogens is 302 g/mol. The summed E-state index contributed by atoms with van der Waals surface area (Å²) in [6.07, 6.45) is 3.83. The molecule has 0 amide bonds. The maximum Gasteiger partial charge on any atom is 0.211 e. The van der Waals surface area contributed by atoms with E-state index in [2.05, 4.69) is 22.4 Å². The van der Waals surface area contributed by atoms with Gasteiger partial charge in [-0.1, -0.05) is 13.3 Å². The Morgan fingerprint density at radius 3 is 2.36 bits per heavy atom. The fraction of sp³-hybridized carbons (Fsp3) is 0.929. The first-order chi connectivity index (χ1) is 10.0. The van der Waals surface area contributed by atoms with Crippen LogP contribution in [0, 0.1) is 0 Å². The van der Waals surface area contributed by atoms with E-state index in [0.29, 0.717) is 6.42 Å². The van der Waals surface area contributed by atoms with Crippen molar-refractivity contribution in [3.8, 4) is 0 Å². The molecular formula is C14H29N5O2S. The van der Waals surface area contributed by atoms with E-state index >= 15 is 0 Å². The molecule has 0 spiro atoms. The molecule has 0 aliphatic rings. The van der Waals surface area contributed by atoms with Crippen LogP contribution in [0.25, 0.3) is 0 Å². The standard InChI is InChI=1S/C14H29N5O2S/c1-8-9-12(13-15-16-17-19(13)11(2)3)10-14(4,5)18(6)22(7,20)21/h11-12H,8-10H2,1-7H3. The minimum absolute atomic E-state index is 0.126. The largest absolute Gasteiger partial charge is 0.227 e. The van der Waals surface area contributed by atoms with Gasteiger partial charge < -0.3 is 0 Å². The zero-order valence-corrected chi connectivity index (χ0v) is 15.6. The van der Waals surface area contributed by atoms with E-state index in [0.717, 1.165) is 18.7 Å². The van der Waals surface area contributed by atoms with Crippen LogP contribution in [0.1, 0.15) is 71.7 Å². The number of nitrogens with zero attached hydrogens (tertiary/aromatic N) is 5. The van der Waals surface area contributed by atoms with E-state index in [1.807, 2.05) is 32.4 Å². The van der Waals surface area contributed by atoms with Crippen LogP contribution < -0.4 is 0 Å². The number of hydrogen-bond donors (Lipinski definition) is 0. The van der Waals surface area contributed by atoms with Gasteiger partial charge in [-0.05, 0) is 51.0 Å². The molecule has 1 unspecified atom stereocenters. The number of aromatic nitrogens is 4. The SMILES string of the molecule is CCCC(CC(C)(C)N(C)S(C)(=O)=O)c1nnnn1C(C)C. The molecule has 0 radical (unpaired) electrons. The van der Waals surface area contributed by atoms with Crippen LogP contribution in [0.4, 0.5) is 0 Å². The molecule has 1 heterocycles. The normalized spacial score (nSPS) is 14.8. The summed E-state index contributed by atoms with van der Waals surface area (Å²) in [6, 6.07) is 0.181. The zero-order chi connectivity index (χ0) is 17.1. The van der Waals surface area contributed by atoms with Crippen LogP contribution in [-0.2, 0) is 10.0 Å². The topological polar surface area (TPSA) is 81.0 Å². The Labute approximate surface area is 134 Å². The summed E-state index contributed by atoms with van der Waals surface area (Å²) in [5, 5.41) is 12.1. The lowest BCUT2D eigenvalue weighted by Gasteiger charge is -2.36. The van der Waals surface area contributed by atoms with Crippen LogP contribution in [0.5, 0.6) is 0 Å². The molecule has 1 aromatic heterocycles. The molecule has 8 heteroatoms. The van der Waals surface area contributed by atoms with Crippen molar-refractivity contribution in [2.24, 2.45) is 0 Å². The van der Waals surface area contributed by atoms with Crippen molar-refractivity contribution in [1.82, 2.24) is 24.5 Å². The van der Waals surface area contributed by atoms with Gasteiger partial charge in [0.15, 0.2) is 5.82 Å². The first-order valence-electron chi connectivity index (χ1n) is 7.72. The smallest absolute Gasteiger partial charge is 0.211 e. The van der Waals surface area contributed by atoms with Crippen molar-refractivity contribution in [2.45, 2.75) is 71.4 Å². The van der Waals surface area contributed by atoms with Crippen LogP contribution >= 0.6 is 0 Å². The fourth-order valence-corrected chi connectivity index (χ4v) is 3.66. The van der Waals surface area contributed by atoms with Crippen molar-refractivity contribution in [3.05, 3.63) is 5.82 Å². The molecule has 128 valence electrons. The van der Waals surface area contributed by atoms with Gasteiger partial charge in [-0.3, -0.25) is 0 Å². The van der Waals surface area contributed by atoms with E-state index < -0.39 is 15.6 Å². The zero-order valence-electron chi connectivity index (χ0n) is 14.7. The molecule has 1 aromatic rings. The third-order valence-electron chi connectivity index (χ3n) is 4.11. The van der Waals surface area contributed by atoms with E-state index in [4.69, 9.17) is 0 Å². The van der Waals surface area contributed by atoms with Crippen molar-refractivity contribution in [1.29, 1.82) is 0 Å². The molecule has 22 heavy (non-hydrogen) atoms. The second-order valence-electron chi connectivity index (χ2n) is 6.81. The van der Waals surface area contributed by atoms with Gasteiger partial charge >= 0.3 is 0 Å². The highest BCUT2D eigenvalue weighted by Crippen LogP contribution is 2.33. The lowest BCUT2D eigenvalue weighted by atomic mass is 9.87. The van der Waals surface area contributed by atoms with E-state index in [-0.39, 0.29) is 12.0 Å². The van der Waals surface area contributed by atoms with Crippen LogP contribution in [0.2, 0.25) is 0 Å². The van der Waals surface area contributed by atoms with Crippen molar-refractivity contribution in [2.75, 3.05) is 13.3 Å². The summed E-state index contributed by atoms with van der Waals surface area (Å²) in [7, 11) is -1.61. The summed E-state index contributed by atoms with van der Waals surface area (Å²) in [5.41, 5.74) is -0.499. The van der Waals surface area contributed by atoms with Crippen molar-refractivity contribution >= 4 is 10.0 Å². The molecule has 7 nitrogen and oxygen atoms in total. The molecule has 0 aliphatic heterocycles. The summed E-state index contributed by atoms with van der Waals surface area (Å²) in [6.45, 7) is 10.1. The summed E-state index contributed by atoms with van der Waals surface area (Å²) < 4.78 is 27.0. The fourth-order valence-electron chi connectivity index (χ4n) is 2.69. The van der Waals surface area contributed by atoms with E-state index in [1.54, 1.807) is 7.05 Å². The van der Waals surface area contributed by atoms with Gasteiger partial charge in [0.1, 0.15) is 0 Å². The molecule has 0 aliphatic carbocycles. The number of hydrogen-bond acceptors (Lipinski definition) is 5. The Morgan fingerprint density at radius 2 is 1.91 bits per heavy atom. The predicted octanol–water partition coefficient (Wildman–Crippen LogP) is 2.20. The number of tetrazole rings is 1. The summed E-state index contributed by atoms with van der Waals surface area (Å²) in [5.74, 6) is 0.966. The molecule has 0 saturated heterocycles. The molecule has 0 saturated carbocycles. The molecule has 1 atom stereocenters. The first kappa shape index (κ1) is 19.0. The second-order valence-corrected chi connectivity index (χ2v) is 8.82. The summed E-state index contributed by atoms with van der Waals surface area (Å²) in [4.78, 5) is 0. The molecule has 0 N–H and O–H groups in total. The van der Waals surface area contributed by atoms with Crippen LogP contribution in [-0.4, -0.2) is 51.8 Å². The highest BCUT2D eigenvalue weighted by Gasteiger charge is 2.34. The summed E-state index contributed by atoms with van der Waals surface area (Å²) >= 11 is 0. The van der Waals surface area contributed by atoms with Gasteiger partial charge in [-0.2, -0.15) is 4.31 Å². The lowest BCUT2D eigenvalue weighted by molar-refractivity contribution is 0.224. The van der Waals surface area contributed by atoms with Gasteiger partial charge in [0.25, 0.3) is 0 Å². The van der Waals surface area contributed by atoms with Crippen molar-refractivity contribution < 1.29 is 8.42 Å². The van der Waals surface area contributed by atoms with Crippen molar-refractivity contribution in [3.63, 3.8) is 0 Å². The Kier molecular flexibility index (Phi) is 6.09. The third kappa shape index (κ3) is 4.49. The molecule has 0 aromatic carbocycles.